The molecule has 0 fully saturated rings. The van der Waals surface area contributed by atoms with Gasteiger partial charge in [-0.2, -0.15) is 8.42 Å². The molecule has 0 aromatic heterocycles. The van der Waals surface area contributed by atoms with Crippen LogP contribution >= 0.6 is 0 Å². The van der Waals surface area contributed by atoms with Crippen molar-refractivity contribution < 1.29 is 13.0 Å². The van der Waals surface area contributed by atoms with E-state index in [2.05, 4.69) is 41.5 Å². The molecular weight excluding hydrogens is 300 g/mol. The molecular formula is C16H30O3SSi. The molecule has 0 saturated heterocycles. The van der Waals surface area contributed by atoms with E-state index < -0.39 is 18.9 Å². The first-order chi connectivity index (χ1) is 9.46. The SMILES string of the molecule is CC(C)[SiH](C(C)C)C(C)C.Cc1ccc(S(=O)(=O)O)cc1. The molecule has 1 aromatic rings. The quantitative estimate of drug-likeness (QED) is 0.644. The van der Waals surface area contributed by atoms with Crippen LogP contribution in [-0.2, 0) is 10.1 Å². The van der Waals surface area contributed by atoms with E-state index in [9.17, 15) is 8.42 Å². The molecule has 0 atom stereocenters. The molecule has 0 amide bonds. The highest BCUT2D eigenvalue weighted by molar-refractivity contribution is 7.85. The van der Waals surface area contributed by atoms with Gasteiger partial charge in [-0.15, -0.1) is 0 Å². The van der Waals surface area contributed by atoms with Gasteiger partial charge in [-0.1, -0.05) is 75.9 Å². The van der Waals surface area contributed by atoms with Gasteiger partial charge >= 0.3 is 0 Å². The average molecular weight is 331 g/mol. The molecule has 0 saturated carbocycles. The van der Waals surface area contributed by atoms with Crippen LogP contribution in [0.2, 0.25) is 16.6 Å². The van der Waals surface area contributed by atoms with Crippen LogP contribution in [0.1, 0.15) is 47.1 Å². The molecule has 0 bridgehead atoms. The minimum absolute atomic E-state index is 0.0666. The molecule has 3 nitrogen and oxygen atoms in total. The third-order valence-corrected chi connectivity index (χ3v) is 9.11. The lowest BCUT2D eigenvalue weighted by molar-refractivity contribution is 0.483. The minimum atomic E-state index is -4.02. The molecule has 0 radical (unpaired) electrons. The summed E-state index contributed by atoms with van der Waals surface area (Å²) in [7, 11) is -4.47. The number of rotatable bonds is 4. The van der Waals surface area contributed by atoms with Crippen molar-refractivity contribution in [2.24, 2.45) is 0 Å². The van der Waals surface area contributed by atoms with Crippen LogP contribution in [0.5, 0.6) is 0 Å². The van der Waals surface area contributed by atoms with Crippen LogP contribution in [0.3, 0.4) is 0 Å². The Hall–Kier alpha value is -0.653. The average Bonchev–Trinajstić information content (AvgIpc) is 2.26. The molecule has 1 N–H and O–H groups in total. The summed E-state index contributed by atoms with van der Waals surface area (Å²) < 4.78 is 29.6. The lowest BCUT2D eigenvalue weighted by Gasteiger charge is -2.26. The van der Waals surface area contributed by atoms with Gasteiger partial charge in [0.25, 0.3) is 10.1 Å². The number of benzene rings is 1. The van der Waals surface area contributed by atoms with Gasteiger partial charge in [-0.25, -0.2) is 0 Å². The third-order valence-electron chi connectivity index (χ3n) is 3.63. The second-order valence-electron chi connectivity index (χ2n) is 6.60. The van der Waals surface area contributed by atoms with Crippen molar-refractivity contribution in [3.8, 4) is 0 Å². The summed E-state index contributed by atoms with van der Waals surface area (Å²) in [6.07, 6.45) is 0. The zero-order chi connectivity index (χ0) is 16.8. The van der Waals surface area contributed by atoms with Gasteiger partial charge in [0, 0.05) is 8.80 Å². The summed E-state index contributed by atoms with van der Waals surface area (Å²) in [5, 5.41) is 0. The van der Waals surface area contributed by atoms with E-state index in [1.54, 1.807) is 12.1 Å². The van der Waals surface area contributed by atoms with Gasteiger partial charge in [-0.3, -0.25) is 4.55 Å². The van der Waals surface area contributed by atoms with Crippen molar-refractivity contribution in [3.05, 3.63) is 29.8 Å². The predicted molar refractivity (Wildman–Crippen MR) is 93.4 cm³/mol. The summed E-state index contributed by atoms with van der Waals surface area (Å²) in [6.45, 7) is 16.2. The maximum absolute atomic E-state index is 10.5. The highest BCUT2D eigenvalue weighted by atomic mass is 32.2. The Morgan fingerprint density at radius 2 is 1.19 bits per heavy atom. The van der Waals surface area contributed by atoms with Gasteiger partial charge in [0.1, 0.15) is 0 Å². The van der Waals surface area contributed by atoms with Crippen molar-refractivity contribution in [2.75, 3.05) is 0 Å². The summed E-state index contributed by atoms with van der Waals surface area (Å²) in [5.41, 5.74) is 3.87. The molecule has 1 rings (SSSR count). The normalized spacial score (nSPS) is 12.0. The van der Waals surface area contributed by atoms with Gasteiger partial charge in [-0.05, 0) is 19.1 Å². The molecule has 0 aliphatic rings. The van der Waals surface area contributed by atoms with E-state index in [1.165, 1.54) is 12.1 Å². The second-order valence-corrected chi connectivity index (χ2v) is 13.2. The lowest BCUT2D eigenvalue weighted by Crippen LogP contribution is -2.24. The third kappa shape index (κ3) is 7.78. The fourth-order valence-corrected chi connectivity index (χ4v) is 8.12. The molecule has 0 aliphatic heterocycles. The van der Waals surface area contributed by atoms with Crippen molar-refractivity contribution in [2.45, 2.75) is 70.0 Å². The lowest BCUT2D eigenvalue weighted by atomic mass is 10.2. The summed E-state index contributed by atoms with van der Waals surface area (Å²) in [4.78, 5) is -0.0666. The Labute approximate surface area is 132 Å². The van der Waals surface area contributed by atoms with Crippen LogP contribution in [0, 0.1) is 6.92 Å². The Bertz CT molecular complexity index is 486. The van der Waals surface area contributed by atoms with E-state index >= 15 is 0 Å². The Kier molecular flexibility index (Phi) is 8.44. The van der Waals surface area contributed by atoms with Crippen molar-refractivity contribution >= 4 is 18.9 Å². The standard InChI is InChI=1S/C9H22Si.C7H8O3S/c1-7(2)10(8(3)4)9(5)6;1-6-2-4-7(5-3-6)11(8,9)10/h7-10H,1-6H3;2-5H,1H3,(H,8,9,10). The Morgan fingerprint density at radius 1 is 0.857 bits per heavy atom. The predicted octanol–water partition coefficient (Wildman–Crippen LogP) is 4.69. The number of hydrogen-bond acceptors (Lipinski definition) is 2. The molecule has 1 aromatic carbocycles. The summed E-state index contributed by atoms with van der Waals surface area (Å²) in [5.74, 6) is 0. The van der Waals surface area contributed by atoms with Crippen LogP contribution in [-0.4, -0.2) is 21.8 Å². The number of hydrogen-bond donors (Lipinski definition) is 1. The zero-order valence-electron chi connectivity index (χ0n) is 14.3. The molecule has 21 heavy (non-hydrogen) atoms. The monoisotopic (exact) mass is 330 g/mol. The fourth-order valence-electron chi connectivity index (χ4n) is 3.02. The first-order valence-electron chi connectivity index (χ1n) is 7.51. The molecule has 0 unspecified atom stereocenters. The van der Waals surface area contributed by atoms with E-state index in [-0.39, 0.29) is 4.90 Å². The number of aryl methyl sites for hydroxylation is 1. The molecule has 0 spiro atoms. The molecule has 0 heterocycles. The maximum atomic E-state index is 10.5. The van der Waals surface area contributed by atoms with E-state index in [1.807, 2.05) is 6.92 Å². The topological polar surface area (TPSA) is 54.4 Å². The van der Waals surface area contributed by atoms with Gasteiger partial charge < -0.3 is 0 Å². The van der Waals surface area contributed by atoms with Crippen LogP contribution in [0.4, 0.5) is 0 Å². The van der Waals surface area contributed by atoms with E-state index in [0.29, 0.717) is 0 Å². The Morgan fingerprint density at radius 3 is 1.38 bits per heavy atom. The molecule has 122 valence electrons. The first kappa shape index (κ1) is 20.3. The highest BCUT2D eigenvalue weighted by Crippen LogP contribution is 2.29. The van der Waals surface area contributed by atoms with Crippen molar-refractivity contribution in [3.63, 3.8) is 0 Å². The molecule has 5 heteroatoms. The highest BCUT2D eigenvalue weighted by Gasteiger charge is 2.22. The first-order valence-corrected chi connectivity index (χ1v) is 10.9. The summed E-state index contributed by atoms with van der Waals surface area (Å²) in [6, 6.07) is 5.99. The minimum Gasteiger partial charge on any atom is -0.282 e. The van der Waals surface area contributed by atoms with E-state index in [0.717, 1.165) is 22.2 Å². The van der Waals surface area contributed by atoms with Gasteiger partial charge in [0.15, 0.2) is 0 Å². The van der Waals surface area contributed by atoms with Gasteiger partial charge in [0.2, 0.25) is 0 Å². The zero-order valence-corrected chi connectivity index (χ0v) is 16.3. The summed E-state index contributed by atoms with van der Waals surface area (Å²) >= 11 is 0. The van der Waals surface area contributed by atoms with E-state index in [4.69, 9.17) is 4.55 Å². The van der Waals surface area contributed by atoms with Crippen molar-refractivity contribution in [1.82, 2.24) is 0 Å². The molecule has 0 aliphatic carbocycles. The maximum Gasteiger partial charge on any atom is 0.294 e. The Balaban J connectivity index is 0.000000384. The van der Waals surface area contributed by atoms with Gasteiger partial charge in [0.05, 0.1) is 4.90 Å². The fraction of sp³-hybridized carbons (Fsp3) is 0.625. The van der Waals surface area contributed by atoms with Crippen LogP contribution in [0.25, 0.3) is 0 Å². The van der Waals surface area contributed by atoms with Crippen LogP contribution in [0.15, 0.2) is 29.2 Å². The van der Waals surface area contributed by atoms with Crippen LogP contribution < -0.4 is 0 Å². The second kappa shape index (κ2) is 8.71. The van der Waals surface area contributed by atoms with Crippen molar-refractivity contribution in [1.29, 1.82) is 0 Å². The smallest absolute Gasteiger partial charge is 0.282 e. The largest absolute Gasteiger partial charge is 0.294 e.